The lowest BCUT2D eigenvalue weighted by Crippen LogP contribution is -2.18. The summed E-state index contributed by atoms with van der Waals surface area (Å²) in [5.74, 6) is 0. The lowest BCUT2D eigenvalue weighted by atomic mass is 11.4. The molecule has 0 heterocycles. The number of rotatable bonds is 1. The molecule has 5 heteroatoms. The molecule has 0 saturated carbocycles. The van der Waals surface area contributed by atoms with Crippen molar-refractivity contribution in [2.24, 2.45) is 0 Å². The molecule has 0 aromatic carbocycles. The van der Waals surface area contributed by atoms with Gasteiger partial charge in [0.2, 0.25) is 0 Å². The molecule has 0 radical (unpaired) electrons. The van der Waals surface area contributed by atoms with Crippen molar-refractivity contribution in [3.05, 3.63) is 0 Å². The molecule has 0 aliphatic carbocycles. The standard InChI is InChI=1S/C2H4FNO2S/c1-7(6)4-2(3)5/h1H3,(H,4,5). The van der Waals surface area contributed by atoms with Gasteiger partial charge < -0.3 is 0 Å². The molecule has 1 N–H and O–H groups in total. The second-order valence-corrected chi connectivity index (χ2v) is 1.94. The Labute approximate surface area is 42.5 Å². The molecule has 1 amide bonds. The van der Waals surface area contributed by atoms with Crippen LogP contribution in [0.3, 0.4) is 0 Å². The highest BCUT2D eigenvalue weighted by Gasteiger charge is 1.94. The molecule has 1 unspecified atom stereocenters. The Morgan fingerprint density at radius 2 is 2.29 bits per heavy atom. The largest absolute Gasteiger partial charge is 0.409 e. The molecule has 42 valence electrons. The smallest absolute Gasteiger partial charge is 0.247 e. The Balaban J connectivity index is 3.32. The van der Waals surface area contributed by atoms with Crippen LogP contribution in [0.2, 0.25) is 0 Å². The van der Waals surface area contributed by atoms with E-state index in [0.29, 0.717) is 0 Å². The minimum Gasteiger partial charge on any atom is -0.247 e. The van der Waals surface area contributed by atoms with Crippen molar-refractivity contribution in [1.82, 2.24) is 4.72 Å². The van der Waals surface area contributed by atoms with Crippen molar-refractivity contribution in [1.29, 1.82) is 0 Å². The van der Waals surface area contributed by atoms with Crippen LogP contribution in [-0.2, 0) is 11.0 Å². The first kappa shape index (κ1) is 6.55. The minimum atomic E-state index is -1.76. The molecule has 0 saturated heterocycles. The third-order valence-electron chi connectivity index (χ3n) is 0.224. The molecule has 0 aromatic heterocycles. The predicted molar refractivity (Wildman–Crippen MR) is 23.7 cm³/mol. The van der Waals surface area contributed by atoms with Crippen LogP contribution in [0.1, 0.15) is 0 Å². The van der Waals surface area contributed by atoms with Gasteiger partial charge in [0.15, 0.2) is 0 Å². The number of halogens is 1. The molecule has 0 fully saturated rings. The normalized spacial score (nSPS) is 12.9. The zero-order chi connectivity index (χ0) is 5.86. The number of hydrogen-bond donors (Lipinski definition) is 1. The Kier molecular flexibility index (Phi) is 2.51. The molecular weight excluding hydrogens is 121 g/mol. The maximum atomic E-state index is 11.0. The first-order chi connectivity index (χ1) is 3.13. The van der Waals surface area contributed by atoms with Crippen LogP contribution in [0, 0.1) is 0 Å². The fourth-order valence-corrected chi connectivity index (χ4v) is 0.339. The molecule has 0 bridgehead atoms. The molecule has 0 aliphatic heterocycles. The Morgan fingerprint density at radius 3 is 2.29 bits per heavy atom. The topological polar surface area (TPSA) is 46.2 Å². The average molecular weight is 125 g/mol. The van der Waals surface area contributed by atoms with Crippen molar-refractivity contribution in [2.45, 2.75) is 0 Å². The van der Waals surface area contributed by atoms with Crippen LogP contribution in [-0.4, -0.2) is 16.6 Å². The molecule has 0 rings (SSSR count). The Morgan fingerprint density at radius 1 is 1.86 bits per heavy atom. The highest BCUT2D eigenvalue weighted by Crippen LogP contribution is 1.69. The van der Waals surface area contributed by atoms with E-state index in [0.717, 1.165) is 6.26 Å². The van der Waals surface area contributed by atoms with Gasteiger partial charge in [-0.2, -0.15) is 0 Å². The number of carbonyl (C=O) groups is 1. The second-order valence-electron chi connectivity index (χ2n) is 0.830. The van der Waals surface area contributed by atoms with E-state index in [9.17, 15) is 13.4 Å². The Bertz CT molecular complexity index is 91.9. The summed E-state index contributed by atoms with van der Waals surface area (Å²) in [5, 5.41) is 0. The maximum Gasteiger partial charge on any atom is 0.409 e. The molecule has 3 nitrogen and oxygen atoms in total. The van der Waals surface area contributed by atoms with E-state index in [1.807, 2.05) is 0 Å². The number of amides is 1. The quantitative estimate of drug-likeness (QED) is 0.394. The van der Waals surface area contributed by atoms with Crippen LogP contribution in [0.25, 0.3) is 0 Å². The van der Waals surface area contributed by atoms with Gasteiger partial charge in [-0.15, -0.1) is 4.39 Å². The lowest BCUT2D eigenvalue weighted by molar-refractivity contribution is 0.228. The maximum absolute atomic E-state index is 11.0. The van der Waals surface area contributed by atoms with Gasteiger partial charge in [-0.25, -0.2) is 13.7 Å². The van der Waals surface area contributed by atoms with Crippen molar-refractivity contribution >= 4 is 17.1 Å². The highest BCUT2D eigenvalue weighted by molar-refractivity contribution is 7.82. The first-order valence-electron chi connectivity index (χ1n) is 1.42. The zero-order valence-electron chi connectivity index (χ0n) is 3.60. The summed E-state index contributed by atoms with van der Waals surface area (Å²) in [6.45, 7) is 0. The summed E-state index contributed by atoms with van der Waals surface area (Å²) in [6.07, 6.45) is -0.599. The molecule has 7 heavy (non-hydrogen) atoms. The minimum absolute atomic E-state index is 1.16. The van der Waals surface area contributed by atoms with Gasteiger partial charge in [-0.3, -0.25) is 0 Å². The Hall–Kier alpha value is -0.450. The summed E-state index contributed by atoms with van der Waals surface area (Å²) < 4.78 is 22.3. The number of nitrogens with one attached hydrogen (secondary N) is 1. The van der Waals surface area contributed by atoms with E-state index in [1.165, 1.54) is 4.72 Å². The van der Waals surface area contributed by atoms with Crippen molar-refractivity contribution in [3.63, 3.8) is 0 Å². The van der Waals surface area contributed by atoms with Crippen molar-refractivity contribution in [3.8, 4) is 0 Å². The van der Waals surface area contributed by atoms with Crippen molar-refractivity contribution < 1.29 is 13.4 Å². The van der Waals surface area contributed by atoms with E-state index >= 15 is 0 Å². The molecular formula is C2H4FNO2S. The first-order valence-corrected chi connectivity index (χ1v) is 2.98. The van der Waals surface area contributed by atoms with Gasteiger partial charge in [-0.05, 0) is 0 Å². The van der Waals surface area contributed by atoms with Gasteiger partial charge >= 0.3 is 6.16 Å². The third-order valence-corrected chi connectivity index (χ3v) is 0.672. The number of hydrogen-bond acceptors (Lipinski definition) is 2. The average Bonchev–Trinajstić information content (AvgIpc) is 1.27. The summed E-state index contributed by atoms with van der Waals surface area (Å²) in [7, 11) is -1.57. The van der Waals surface area contributed by atoms with E-state index in [-0.39, 0.29) is 0 Å². The fraction of sp³-hybridized carbons (Fsp3) is 0.500. The third kappa shape index (κ3) is 5.55. The molecule has 0 aromatic rings. The number of carbonyl (C=O) groups excluding carboxylic acids is 1. The monoisotopic (exact) mass is 125 g/mol. The van der Waals surface area contributed by atoms with E-state index in [4.69, 9.17) is 0 Å². The van der Waals surface area contributed by atoms with Gasteiger partial charge in [0.25, 0.3) is 0 Å². The molecule has 0 aliphatic rings. The van der Waals surface area contributed by atoms with Crippen LogP contribution in [0.15, 0.2) is 0 Å². The second kappa shape index (κ2) is 2.68. The van der Waals surface area contributed by atoms with Crippen molar-refractivity contribution in [2.75, 3.05) is 6.26 Å². The van der Waals surface area contributed by atoms with Gasteiger partial charge in [0, 0.05) is 6.26 Å². The fourth-order valence-electron chi connectivity index (χ4n) is 0.113. The SMILES string of the molecule is CS(=O)NC(=O)F. The van der Waals surface area contributed by atoms with Gasteiger partial charge in [0.05, 0.1) is 0 Å². The van der Waals surface area contributed by atoms with Crippen LogP contribution in [0.5, 0.6) is 0 Å². The summed E-state index contributed by atoms with van der Waals surface area (Å²) in [4.78, 5) is 9.28. The molecule has 0 spiro atoms. The zero-order valence-corrected chi connectivity index (χ0v) is 4.42. The highest BCUT2D eigenvalue weighted by atomic mass is 32.2. The molecule has 1 atom stereocenters. The summed E-state index contributed by atoms with van der Waals surface area (Å²) >= 11 is 0. The summed E-state index contributed by atoms with van der Waals surface area (Å²) in [6, 6.07) is 0. The van der Waals surface area contributed by atoms with Gasteiger partial charge in [0.1, 0.15) is 11.0 Å². The van der Waals surface area contributed by atoms with Crippen LogP contribution in [0.4, 0.5) is 9.18 Å². The lowest BCUT2D eigenvalue weighted by Gasteiger charge is -1.85. The van der Waals surface area contributed by atoms with Crippen LogP contribution < -0.4 is 4.72 Å². The van der Waals surface area contributed by atoms with E-state index in [1.54, 1.807) is 0 Å². The predicted octanol–water partition coefficient (Wildman–Crippen LogP) is -0.0410. The van der Waals surface area contributed by atoms with E-state index < -0.39 is 17.1 Å². The van der Waals surface area contributed by atoms with Crippen LogP contribution >= 0.6 is 0 Å². The van der Waals surface area contributed by atoms with E-state index in [2.05, 4.69) is 0 Å². The van der Waals surface area contributed by atoms with Gasteiger partial charge in [-0.1, -0.05) is 0 Å². The summed E-state index contributed by atoms with van der Waals surface area (Å²) in [5.41, 5.74) is 0.